The third kappa shape index (κ3) is 6.22. The second kappa shape index (κ2) is 10.9. The molecule has 0 aliphatic rings. The summed E-state index contributed by atoms with van der Waals surface area (Å²) in [6.45, 7) is 0. The van der Waals surface area contributed by atoms with Crippen molar-refractivity contribution in [2.75, 3.05) is 0 Å². The Bertz CT molecular complexity index is 972. The summed E-state index contributed by atoms with van der Waals surface area (Å²) in [5.41, 5.74) is 5.30. The predicted octanol–water partition coefficient (Wildman–Crippen LogP) is 5.52. The number of hydrogen-bond donors (Lipinski definition) is 2. The Morgan fingerprint density at radius 1 is 0.714 bits per heavy atom. The molecule has 0 fully saturated rings. The van der Waals surface area contributed by atoms with E-state index in [1.54, 1.807) is 24.3 Å². The maximum absolute atomic E-state index is 10.3. The highest BCUT2D eigenvalue weighted by Gasteiger charge is 2.07. The first kappa shape index (κ1) is 21.1. The average Bonchev–Trinajstić information content (AvgIpc) is 2.69. The van der Waals surface area contributed by atoms with E-state index in [0.29, 0.717) is 11.4 Å². The molecule has 0 bridgehead atoms. The zero-order valence-electron chi connectivity index (χ0n) is 14.4. The largest absolute Gasteiger partial charge is 0.579 e. The van der Waals surface area contributed by atoms with Crippen LogP contribution in [0.4, 0.5) is 11.4 Å². The summed E-state index contributed by atoms with van der Waals surface area (Å²) >= 11 is 3.03. The zero-order valence-corrected chi connectivity index (χ0v) is 16.2. The van der Waals surface area contributed by atoms with Gasteiger partial charge in [0, 0.05) is 0 Å². The molecule has 0 heterocycles. The van der Waals surface area contributed by atoms with Crippen molar-refractivity contribution in [2.24, 2.45) is 9.98 Å². The van der Waals surface area contributed by atoms with Crippen molar-refractivity contribution in [3.05, 3.63) is 72.8 Å². The molecule has 28 heavy (non-hydrogen) atoms. The van der Waals surface area contributed by atoms with E-state index in [1.807, 2.05) is 48.5 Å². The third-order valence-corrected chi connectivity index (χ3v) is 3.63. The molecule has 1 unspecified atom stereocenters. The summed E-state index contributed by atoms with van der Waals surface area (Å²) in [5.74, 6) is 0. The highest BCUT2D eigenvalue weighted by molar-refractivity contribution is 8.38. The summed E-state index contributed by atoms with van der Waals surface area (Å²) in [6, 6.07) is 22.8. The lowest BCUT2D eigenvalue weighted by Crippen LogP contribution is -1.84. The van der Waals surface area contributed by atoms with E-state index in [2.05, 4.69) is 22.2 Å². The van der Waals surface area contributed by atoms with Gasteiger partial charge in [-0.1, -0.05) is 48.5 Å². The van der Waals surface area contributed by atoms with Gasteiger partial charge < -0.3 is 0 Å². The van der Waals surface area contributed by atoms with Gasteiger partial charge in [-0.2, -0.15) is 14.9 Å². The number of benzene rings is 3. The van der Waals surface area contributed by atoms with Crippen LogP contribution >= 0.6 is 19.5 Å². The van der Waals surface area contributed by atoms with Gasteiger partial charge in [-0.15, -0.1) is 0 Å². The van der Waals surface area contributed by atoms with Crippen LogP contribution in [0.5, 0.6) is 0 Å². The number of thiol groups is 1. The van der Waals surface area contributed by atoms with E-state index in [0.717, 1.165) is 22.3 Å². The Kier molecular flexibility index (Phi) is 8.19. The molecule has 0 aliphatic carbocycles. The van der Waals surface area contributed by atoms with Gasteiger partial charge in [0.05, 0.1) is 11.4 Å². The summed E-state index contributed by atoms with van der Waals surface area (Å²) < 4.78 is 9.01. The molecule has 3 aromatic carbocycles. The fraction of sp³-hybridized carbons (Fsp3) is 0. The molecule has 3 aromatic rings. The first-order valence-electron chi connectivity index (χ1n) is 7.86. The average molecular weight is 409 g/mol. The molecule has 3 rings (SSSR count). The van der Waals surface area contributed by atoms with Crippen molar-refractivity contribution >= 4 is 43.0 Å². The maximum Gasteiger partial charge on any atom is 0.579 e. The highest BCUT2D eigenvalue weighted by Crippen LogP contribution is 2.33. The number of rotatable bonds is 4. The number of carbonyl (C=O) groups excluding carboxylic acids is 2. The minimum Gasteiger partial charge on any atom is -0.211 e. The van der Waals surface area contributed by atoms with E-state index >= 15 is 0 Å². The van der Waals surface area contributed by atoms with Crippen LogP contribution in [0.1, 0.15) is 0 Å². The predicted molar refractivity (Wildman–Crippen MR) is 112 cm³/mol. The summed E-state index contributed by atoms with van der Waals surface area (Å²) in [5, 5.41) is 0. The van der Waals surface area contributed by atoms with Crippen LogP contribution in [-0.2, 0) is 14.2 Å². The van der Waals surface area contributed by atoms with Crippen LogP contribution < -0.4 is 0 Å². The molecule has 0 aromatic heterocycles. The molecule has 0 saturated heterocycles. The number of hydrogen-bond acceptors (Lipinski definition) is 5. The summed E-state index contributed by atoms with van der Waals surface area (Å²) in [7, 11) is -2.18. The lowest BCUT2D eigenvalue weighted by Gasteiger charge is -2.10. The van der Waals surface area contributed by atoms with Crippen molar-refractivity contribution in [3.8, 4) is 22.3 Å². The third-order valence-electron chi connectivity index (χ3n) is 3.63. The van der Waals surface area contributed by atoms with Gasteiger partial charge in [0.2, 0.25) is 12.2 Å². The Balaban J connectivity index is 0.000000640. The molecule has 138 valence electrons. The van der Waals surface area contributed by atoms with Gasteiger partial charge in [0.25, 0.3) is 0 Å². The SMILES string of the molecule is O=C=Nc1ccc(-c2ccccc2-c2ccc(N=C=O)cc2)cc1.O=[P+](O)S. The molecule has 0 amide bonds. The molecule has 6 nitrogen and oxygen atoms in total. The fourth-order valence-electron chi connectivity index (χ4n) is 2.52. The van der Waals surface area contributed by atoms with Gasteiger partial charge >= 0.3 is 7.23 Å². The molecule has 0 aliphatic heterocycles. The Labute approximate surface area is 167 Å². The van der Waals surface area contributed by atoms with Crippen LogP contribution in [0.15, 0.2) is 82.8 Å². The van der Waals surface area contributed by atoms with Crippen molar-refractivity contribution in [1.82, 2.24) is 0 Å². The van der Waals surface area contributed by atoms with E-state index in [4.69, 9.17) is 9.46 Å². The van der Waals surface area contributed by atoms with Gasteiger partial charge in [-0.05, 0) is 51.1 Å². The first-order valence-corrected chi connectivity index (χ1v) is 10.2. The monoisotopic (exact) mass is 409 g/mol. The molecule has 0 saturated carbocycles. The second-order valence-corrected chi connectivity index (χ2v) is 6.83. The summed E-state index contributed by atoms with van der Waals surface area (Å²) in [4.78, 5) is 35.3. The Hall–Kier alpha value is -3.17. The highest BCUT2D eigenvalue weighted by atomic mass is 32.7. The van der Waals surface area contributed by atoms with Gasteiger partial charge in [0.15, 0.2) is 0 Å². The minimum absolute atomic E-state index is 0.572. The molecule has 1 atom stereocenters. The van der Waals surface area contributed by atoms with Crippen LogP contribution in [0.2, 0.25) is 0 Å². The lowest BCUT2D eigenvalue weighted by atomic mass is 9.94. The standard InChI is InChI=1S/C20H12N2O2.HO2PS/c23-13-21-17-9-5-15(6-10-17)19-3-1-2-4-20(19)16-7-11-18(12-8-16)22-14-24;1-3(2)4/h1-12H;(H-,1,2,4)/p+1. The summed E-state index contributed by atoms with van der Waals surface area (Å²) in [6.07, 6.45) is 3.07. The quantitative estimate of drug-likeness (QED) is 0.257. The number of nitrogens with zero attached hydrogens (tertiary/aromatic N) is 2. The maximum atomic E-state index is 10.3. The smallest absolute Gasteiger partial charge is 0.211 e. The van der Waals surface area contributed by atoms with E-state index in [9.17, 15) is 9.59 Å². The van der Waals surface area contributed by atoms with Crippen molar-refractivity contribution < 1.29 is 19.0 Å². The van der Waals surface area contributed by atoms with Crippen molar-refractivity contribution in [1.29, 1.82) is 0 Å². The normalized spacial score (nSPS) is 9.86. The van der Waals surface area contributed by atoms with E-state index in [-0.39, 0.29) is 0 Å². The van der Waals surface area contributed by atoms with Gasteiger partial charge in [0.1, 0.15) is 12.2 Å². The minimum atomic E-state index is -2.18. The van der Waals surface area contributed by atoms with Gasteiger partial charge in [-0.25, -0.2) is 9.59 Å². The zero-order chi connectivity index (χ0) is 20.4. The van der Waals surface area contributed by atoms with Crippen molar-refractivity contribution in [3.63, 3.8) is 0 Å². The lowest BCUT2D eigenvalue weighted by molar-refractivity contribution is 0.520. The van der Waals surface area contributed by atoms with Crippen LogP contribution in [0.25, 0.3) is 22.3 Å². The van der Waals surface area contributed by atoms with Crippen LogP contribution in [0, 0.1) is 0 Å². The fourth-order valence-corrected chi connectivity index (χ4v) is 2.52. The van der Waals surface area contributed by atoms with E-state index < -0.39 is 7.23 Å². The number of aliphatic imine (C=N–C) groups is 2. The first-order chi connectivity index (χ1) is 13.5. The van der Waals surface area contributed by atoms with Crippen LogP contribution in [0.3, 0.4) is 0 Å². The van der Waals surface area contributed by atoms with Gasteiger partial charge in [-0.3, -0.25) is 0 Å². The molecule has 0 spiro atoms. The topological polar surface area (TPSA) is 96.2 Å². The molecular weight excluding hydrogens is 395 g/mol. The second-order valence-electron chi connectivity index (χ2n) is 5.30. The van der Waals surface area contributed by atoms with Crippen LogP contribution in [-0.4, -0.2) is 17.1 Å². The molecule has 0 radical (unpaired) electrons. The van der Waals surface area contributed by atoms with Crippen molar-refractivity contribution in [2.45, 2.75) is 0 Å². The molecule has 8 heteroatoms. The Morgan fingerprint density at radius 3 is 1.32 bits per heavy atom. The molecule has 1 N–H and O–H groups in total. The number of isocyanates is 2. The molecular formula is C20H14N2O4PS+. The Morgan fingerprint density at radius 2 is 1.04 bits per heavy atom. The van der Waals surface area contributed by atoms with E-state index in [1.165, 1.54) is 12.2 Å².